The Kier molecular flexibility index (Phi) is 6.28. The summed E-state index contributed by atoms with van der Waals surface area (Å²) < 4.78 is 0. The van der Waals surface area contributed by atoms with Crippen LogP contribution in [-0.2, 0) is 4.79 Å². The zero-order valence-corrected chi connectivity index (χ0v) is 13.1. The number of rotatable bonds is 3. The maximum atomic E-state index is 12.4. The Morgan fingerprint density at radius 3 is 2.50 bits per heavy atom. The molecule has 0 aromatic carbocycles. The lowest BCUT2D eigenvalue weighted by Crippen LogP contribution is -2.52. The van der Waals surface area contributed by atoms with Crippen LogP contribution in [-0.4, -0.2) is 48.0 Å². The van der Waals surface area contributed by atoms with Crippen LogP contribution in [0, 0.1) is 17.8 Å². The van der Waals surface area contributed by atoms with E-state index in [0.717, 1.165) is 31.9 Å². The van der Waals surface area contributed by atoms with Crippen LogP contribution in [0.1, 0.15) is 20.8 Å². The molecule has 2 unspecified atom stereocenters. The summed E-state index contributed by atoms with van der Waals surface area (Å²) in [5, 5.41) is 3.88. The van der Waals surface area contributed by atoms with E-state index in [-0.39, 0.29) is 18.3 Å². The Labute approximate surface area is 121 Å². The molecule has 0 aromatic rings. The zero-order valence-electron chi connectivity index (χ0n) is 11.5. The normalized spacial score (nSPS) is 26.4. The van der Waals surface area contributed by atoms with E-state index in [1.165, 1.54) is 0 Å². The molecule has 2 rings (SSSR count). The van der Waals surface area contributed by atoms with Gasteiger partial charge in [0.05, 0.1) is 0 Å². The molecule has 3 nitrogen and oxygen atoms in total. The molecule has 2 aliphatic heterocycles. The van der Waals surface area contributed by atoms with Gasteiger partial charge in [0.1, 0.15) is 0 Å². The fourth-order valence-electron chi connectivity index (χ4n) is 2.43. The number of amides is 1. The molecule has 1 N–H and O–H groups in total. The summed E-state index contributed by atoms with van der Waals surface area (Å²) in [5.74, 6) is 2.91. The molecule has 5 heteroatoms. The van der Waals surface area contributed by atoms with Crippen LogP contribution < -0.4 is 5.32 Å². The number of hydrogen-bond acceptors (Lipinski definition) is 3. The van der Waals surface area contributed by atoms with Crippen LogP contribution in [0.5, 0.6) is 0 Å². The van der Waals surface area contributed by atoms with Crippen molar-refractivity contribution in [3.8, 4) is 0 Å². The van der Waals surface area contributed by atoms with Gasteiger partial charge < -0.3 is 10.2 Å². The monoisotopic (exact) mass is 292 g/mol. The van der Waals surface area contributed by atoms with Gasteiger partial charge >= 0.3 is 0 Å². The highest BCUT2D eigenvalue weighted by molar-refractivity contribution is 8.00. The van der Waals surface area contributed by atoms with Crippen molar-refractivity contribution in [3.05, 3.63) is 0 Å². The first-order valence-corrected chi connectivity index (χ1v) is 7.75. The molecule has 0 aliphatic carbocycles. The van der Waals surface area contributed by atoms with Crippen molar-refractivity contribution >= 4 is 30.1 Å². The fraction of sp³-hybridized carbons (Fsp3) is 0.923. The first kappa shape index (κ1) is 16.1. The Hall–Kier alpha value is 0.0700. The maximum absolute atomic E-state index is 12.4. The highest BCUT2D eigenvalue weighted by Gasteiger charge is 2.34. The summed E-state index contributed by atoms with van der Waals surface area (Å²) in [6, 6.07) is 0. The van der Waals surface area contributed by atoms with Gasteiger partial charge in [0.25, 0.3) is 0 Å². The molecular weight excluding hydrogens is 268 g/mol. The lowest BCUT2D eigenvalue weighted by Gasteiger charge is -2.39. The van der Waals surface area contributed by atoms with E-state index in [9.17, 15) is 4.79 Å². The molecular formula is C13H25ClN2OS. The Balaban J connectivity index is 0.00000162. The van der Waals surface area contributed by atoms with E-state index in [1.54, 1.807) is 0 Å². The minimum absolute atomic E-state index is 0. The number of halogens is 1. The van der Waals surface area contributed by atoms with Crippen molar-refractivity contribution in [2.24, 2.45) is 17.8 Å². The molecule has 2 heterocycles. The molecule has 0 saturated carbocycles. The third-order valence-corrected chi connectivity index (χ3v) is 5.60. The van der Waals surface area contributed by atoms with Crippen LogP contribution in [0.2, 0.25) is 0 Å². The highest BCUT2D eigenvalue weighted by atomic mass is 35.5. The van der Waals surface area contributed by atoms with Crippen molar-refractivity contribution in [2.75, 3.05) is 31.9 Å². The third-order valence-electron chi connectivity index (χ3n) is 4.06. The lowest BCUT2D eigenvalue weighted by molar-refractivity contribution is -0.137. The Morgan fingerprint density at radius 1 is 1.33 bits per heavy atom. The van der Waals surface area contributed by atoms with Crippen LogP contribution in [0.25, 0.3) is 0 Å². The molecule has 18 heavy (non-hydrogen) atoms. The Bertz CT molecular complexity index is 284. The molecule has 0 aromatic heterocycles. The van der Waals surface area contributed by atoms with Crippen LogP contribution >= 0.6 is 24.2 Å². The number of carbonyl (C=O) groups is 1. The molecule has 2 aliphatic rings. The largest absolute Gasteiger partial charge is 0.341 e. The molecule has 0 bridgehead atoms. The fourth-order valence-corrected chi connectivity index (χ4v) is 3.73. The van der Waals surface area contributed by atoms with Crippen molar-refractivity contribution in [3.63, 3.8) is 0 Å². The summed E-state index contributed by atoms with van der Waals surface area (Å²) in [6.07, 6.45) is 0. The minimum Gasteiger partial charge on any atom is -0.341 e. The topological polar surface area (TPSA) is 32.3 Å². The third kappa shape index (κ3) is 3.55. The summed E-state index contributed by atoms with van der Waals surface area (Å²) >= 11 is 2.03. The maximum Gasteiger partial charge on any atom is 0.225 e. The molecule has 2 fully saturated rings. The van der Waals surface area contributed by atoms with E-state index >= 15 is 0 Å². The molecule has 2 saturated heterocycles. The second-order valence-electron chi connectivity index (χ2n) is 5.64. The van der Waals surface area contributed by atoms with E-state index in [1.807, 2.05) is 11.8 Å². The van der Waals surface area contributed by atoms with Crippen molar-refractivity contribution in [2.45, 2.75) is 26.0 Å². The van der Waals surface area contributed by atoms with Gasteiger partial charge in [-0.15, -0.1) is 12.4 Å². The van der Waals surface area contributed by atoms with E-state index in [2.05, 4.69) is 31.0 Å². The van der Waals surface area contributed by atoms with Gasteiger partial charge in [0.2, 0.25) is 5.91 Å². The summed E-state index contributed by atoms with van der Waals surface area (Å²) in [7, 11) is 0. The van der Waals surface area contributed by atoms with E-state index < -0.39 is 0 Å². The minimum atomic E-state index is 0. The van der Waals surface area contributed by atoms with Crippen molar-refractivity contribution in [1.29, 1.82) is 0 Å². The number of thioether (sulfide) groups is 1. The SMILES string of the molecule is CC(C)C1CN(C(=O)C(C)C2CNC2)CCS1.Cl. The molecule has 0 spiro atoms. The number of hydrogen-bond donors (Lipinski definition) is 1. The van der Waals surface area contributed by atoms with Gasteiger partial charge in [-0.05, 0) is 24.9 Å². The first-order valence-electron chi connectivity index (χ1n) is 6.70. The van der Waals surface area contributed by atoms with E-state index in [0.29, 0.717) is 23.0 Å². The number of nitrogens with one attached hydrogen (secondary N) is 1. The van der Waals surface area contributed by atoms with Gasteiger partial charge in [-0.2, -0.15) is 11.8 Å². The van der Waals surface area contributed by atoms with Crippen LogP contribution in [0.4, 0.5) is 0 Å². The first-order chi connectivity index (χ1) is 8.09. The summed E-state index contributed by atoms with van der Waals surface area (Å²) in [4.78, 5) is 14.5. The lowest BCUT2D eigenvalue weighted by atomic mass is 9.88. The average molecular weight is 293 g/mol. The van der Waals surface area contributed by atoms with Gasteiger partial charge in [-0.25, -0.2) is 0 Å². The summed E-state index contributed by atoms with van der Waals surface area (Å²) in [5.41, 5.74) is 0. The van der Waals surface area contributed by atoms with Crippen molar-refractivity contribution in [1.82, 2.24) is 10.2 Å². The van der Waals surface area contributed by atoms with Gasteiger partial charge in [0.15, 0.2) is 0 Å². The molecule has 0 radical (unpaired) electrons. The number of carbonyl (C=O) groups excluding carboxylic acids is 1. The average Bonchev–Trinajstić information content (AvgIpc) is 2.25. The Morgan fingerprint density at radius 2 is 2.00 bits per heavy atom. The van der Waals surface area contributed by atoms with E-state index in [4.69, 9.17) is 0 Å². The molecule has 106 valence electrons. The van der Waals surface area contributed by atoms with Crippen LogP contribution in [0.15, 0.2) is 0 Å². The van der Waals surface area contributed by atoms with Gasteiger partial charge in [-0.3, -0.25) is 4.79 Å². The molecule has 1 amide bonds. The molecule has 2 atom stereocenters. The number of nitrogens with zero attached hydrogens (tertiary/aromatic N) is 1. The second kappa shape index (κ2) is 7.01. The van der Waals surface area contributed by atoms with Gasteiger partial charge in [-0.1, -0.05) is 20.8 Å². The quantitative estimate of drug-likeness (QED) is 0.862. The second-order valence-corrected chi connectivity index (χ2v) is 6.99. The standard InChI is InChI=1S/C13H24N2OS.ClH/c1-9(2)12-8-15(4-5-17-12)13(16)10(3)11-6-14-7-11;/h9-12,14H,4-8H2,1-3H3;1H. The van der Waals surface area contributed by atoms with Crippen molar-refractivity contribution < 1.29 is 4.79 Å². The smallest absolute Gasteiger partial charge is 0.225 e. The van der Waals surface area contributed by atoms with Crippen LogP contribution in [0.3, 0.4) is 0 Å². The summed E-state index contributed by atoms with van der Waals surface area (Å²) in [6.45, 7) is 10.5. The predicted molar refractivity (Wildman–Crippen MR) is 80.4 cm³/mol. The predicted octanol–water partition coefficient (Wildman–Crippen LogP) is 1.86. The van der Waals surface area contributed by atoms with Gasteiger partial charge in [0, 0.05) is 30.0 Å². The highest BCUT2D eigenvalue weighted by Crippen LogP contribution is 2.27. The zero-order chi connectivity index (χ0) is 12.4.